The van der Waals surface area contributed by atoms with Crippen LogP contribution >= 0.6 is 0 Å². The van der Waals surface area contributed by atoms with Gasteiger partial charge in [0.25, 0.3) is 0 Å². The molecule has 3 nitrogen and oxygen atoms in total. The first-order valence-electron chi connectivity index (χ1n) is 7.52. The van der Waals surface area contributed by atoms with Gasteiger partial charge in [-0.3, -0.25) is 4.90 Å². The van der Waals surface area contributed by atoms with Crippen molar-refractivity contribution >= 4 is 0 Å². The highest BCUT2D eigenvalue weighted by molar-refractivity contribution is 5.23. The number of rotatable bonds is 5. The lowest BCUT2D eigenvalue weighted by Gasteiger charge is -2.40. The van der Waals surface area contributed by atoms with Gasteiger partial charge in [-0.15, -0.1) is 0 Å². The molecule has 1 saturated heterocycles. The molecule has 0 radical (unpaired) electrons. The van der Waals surface area contributed by atoms with E-state index in [-0.39, 0.29) is 24.5 Å². The average Bonchev–Trinajstić information content (AvgIpc) is 2.50. The zero-order chi connectivity index (χ0) is 14.5. The van der Waals surface area contributed by atoms with Gasteiger partial charge in [0, 0.05) is 18.2 Å². The minimum Gasteiger partial charge on any atom is -0.396 e. The molecule has 0 aliphatic carbocycles. The van der Waals surface area contributed by atoms with Crippen molar-refractivity contribution in [1.82, 2.24) is 4.90 Å². The fraction of sp³-hybridized carbons (Fsp3) is 0.625. The molecule has 2 rings (SSSR count). The smallest absolute Gasteiger partial charge is 0.128 e. The maximum Gasteiger partial charge on any atom is 0.128 e. The van der Waals surface area contributed by atoms with Crippen molar-refractivity contribution in [2.24, 2.45) is 11.7 Å². The lowest BCUT2D eigenvalue weighted by Crippen LogP contribution is -2.45. The quantitative estimate of drug-likeness (QED) is 0.870. The van der Waals surface area contributed by atoms with Crippen LogP contribution in [0.25, 0.3) is 0 Å². The Bertz CT molecular complexity index is 419. The summed E-state index contributed by atoms with van der Waals surface area (Å²) < 4.78 is 14.1. The largest absolute Gasteiger partial charge is 0.396 e. The number of halogens is 1. The molecule has 0 saturated carbocycles. The third-order valence-electron chi connectivity index (χ3n) is 4.40. The summed E-state index contributed by atoms with van der Waals surface area (Å²) in [5, 5.41) is 9.23. The monoisotopic (exact) mass is 280 g/mol. The van der Waals surface area contributed by atoms with Gasteiger partial charge in [-0.05, 0) is 44.3 Å². The van der Waals surface area contributed by atoms with E-state index in [1.165, 1.54) is 6.07 Å². The number of benzene rings is 1. The molecule has 1 heterocycles. The highest BCUT2D eigenvalue weighted by Gasteiger charge is 2.30. The summed E-state index contributed by atoms with van der Waals surface area (Å²) in [5.41, 5.74) is 6.96. The molecule has 1 aliphatic rings. The highest BCUT2D eigenvalue weighted by atomic mass is 19.1. The summed E-state index contributed by atoms with van der Waals surface area (Å²) in [6.45, 7) is 4.03. The van der Waals surface area contributed by atoms with E-state index < -0.39 is 0 Å². The van der Waals surface area contributed by atoms with Crippen molar-refractivity contribution in [3.05, 3.63) is 35.6 Å². The van der Waals surface area contributed by atoms with E-state index >= 15 is 0 Å². The second-order valence-electron chi connectivity index (χ2n) is 5.70. The Morgan fingerprint density at radius 3 is 2.55 bits per heavy atom. The predicted octanol–water partition coefficient (Wildman–Crippen LogP) is 2.31. The molecule has 2 unspecified atom stereocenters. The van der Waals surface area contributed by atoms with Gasteiger partial charge in [-0.1, -0.05) is 25.1 Å². The molecule has 1 fully saturated rings. The summed E-state index contributed by atoms with van der Waals surface area (Å²) in [6.07, 6.45) is 2.73. The number of nitrogens with zero attached hydrogens (tertiary/aromatic N) is 1. The van der Waals surface area contributed by atoms with E-state index in [0.29, 0.717) is 11.5 Å². The van der Waals surface area contributed by atoms with Crippen molar-refractivity contribution in [2.75, 3.05) is 19.7 Å². The number of aliphatic hydroxyl groups excluding tert-OH is 1. The first kappa shape index (κ1) is 15.4. The van der Waals surface area contributed by atoms with Crippen LogP contribution in [0, 0.1) is 11.7 Å². The normalized spacial score (nSPS) is 20.8. The predicted molar refractivity (Wildman–Crippen MR) is 78.8 cm³/mol. The van der Waals surface area contributed by atoms with Crippen LogP contribution in [0.2, 0.25) is 0 Å². The van der Waals surface area contributed by atoms with Crippen molar-refractivity contribution in [2.45, 2.75) is 38.3 Å². The molecule has 0 aromatic heterocycles. The van der Waals surface area contributed by atoms with Crippen molar-refractivity contribution < 1.29 is 9.50 Å². The van der Waals surface area contributed by atoms with Crippen LogP contribution in [0.15, 0.2) is 24.3 Å². The Balaban J connectivity index is 2.19. The lowest BCUT2D eigenvalue weighted by atomic mass is 9.91. The van der Waals surface area contributed by atoms with E-state index in [0.717, 1.165) is 32.4 Å². The van der Waals surface area contributed by atoms with Gasteiger partial charge < -0.3 is 10.8 Å². The highest BCUT2D eigenvalue weighted by Crippen LogP contribution is 2.31. The Morgan fingerprint density at radius 2 is 2.00 bits per heavy atom. The number of nitrogens with two attached hydrogens (primary N) is 1. The first-order valence-corrected chi connectivity index (χ1v) is 7.52. The summed E-state index contributed by atoms with van der Waals surface area (Å²) in [7, 11) is 0. The SMILES string of the molecule is CCC(N)C(c1ccccc1F)N1CCC(CO)CC1. The zero-order valence-electron chi connectivity index (χ0n) is 12.1. The number of hydrogen-bond donors (Lipinski definition) is 2. The van der Waals surface area contributed by atoms with Crippen LogP contribution in [0.4, 0.5) is 4.39 Å². The van der Waals surface area contributed by atoms with Crippen LogP contribution in [-0.4, -0.2) is 35.7 Å². The Labute approximate surface area is 120 Å². The van der Waals surface area contributed by atoms with Gasteiger partial charge in [0.05, 0.1) is 6.04 Å². The summed E-state index contributed by atoms with van der Waals surface area (Å²) in [6, 6.07) is 6.79. The van der Waals surface area contributed by atoms with Crippen molar-refractivity contribution in [3.63, 3.8) is 0 Å². The van der Waals surface area contributed by atoms with Gasteiger partial charge in [0.1, 0.15) is 5.82 Å². The third kappa shape index (κ3) is 3.37. The molecule has 1 aromatic carbocycles. The van der Waals surface area contributed by atoms with Crippen LogP contribution in [0.3, 0.4) is 0 Å². The topological polar surface area (TPSA) is 49.5 Å². The van der Waals surface area contributed by atoms with Crippen molar-refractivity contribution in [3.8, 4) is 0 Å². The standard InChI is InChI=1S/C16H25FN2O/c1-2-15(18)16(13-5-3-4-6-14(13)17)19-9-7-12(11-20)8-10-19/h3-6,12,15-16,20H,2,7-11,18H2,1H3. The Morgan fingerprint density at radius 1 is 1.35 bits per heavy atom. The minimum absolute atomic E-state index is 0.0687. The maximum atomic E-state index is 14.1. The molecule has 2 atom stereocenters. The summed E-state index contributed by atoms with van der Waals surface area (Å²) in [4.78, 5) is 2.28. The van der Waals surface area contributed by atoms with E-state index in [1.54, 1.807) is 6.07 Å². The van der Waals surface area contributed by atoms with Crippen LogP contribution in [0.5, 0.6) is 0 Å². The van der Waals surface area contributed by atoms with Crippen LogP contribution < -0.4 is 5.73 Å². The average molecular weight is 280 g/mol. The molecule has 20 heavy (non-hydrogen) atoms. The van der Waals surface area contributed by atoms with Crippen LogP contribution in [0.1, 0.15) is 37.8 Å². The lowest BCUT2D eigenvalue weighted by molar-refractivity contribution is 0.0869. The Hall–Kier alpha value is -0.970. The molecule has 0 bridgehead atoms. The second kappa shape index (κ2) is 7.16. The molecule has 112 valence electrons. The molecule has 0 spiro atoms. The number of likely N-dealkylation sites (tertiary alicyclic amines) is 1. The Kier molecular flexibility index (Phi) is 5.52. The number of aliphatic hydroxyl groups is 1. The molecule has 4 heteroatoms. The minimum atomic E-state index is -0.175. The van der Waals surface area contributed by atoms with E-state index in [2.05, 4.69) is 4.90 Å². The van der Waals surface area contributed by atoms with E-state index in [9.17, 15) is 9.50 Å². The zero-order valence-corrected chi connectivity index (χ0v) is 12.1. The summed E-state index contributed by atoms with van der Waals surface area (Å²) in [5.74, 6) is 0.205. The van der Waals surface area contributed by atoms with Crippen LogP contribution in [-0.2, 0) is 0 Å². The first-order chi connectivity index (χ1) is 9.67. The molecule has 0 amide bonds. The van der Waals surface area contributed by atoms with E-state index in [1.807, 2.05) is 19.1 Å². The molecule has 1 aliphatic heterocycles. The van der Waals surface area contributed by atoms with E-state index in [4.69, 9.17) is 5.73 Å². The van der Waals surface area contributed by atoms with Crippen molar-refractivity contribution in [1.29, 1.82) is 0 Å². The fourth-order valence-electron chi connectivity index (χ4n) is 3.05. The second-order valence-corrected chi connectivity index (χ2v) is 5.70. The van der Waals surface area contributed by atoms with Gasteiger partial charge in [-0.25, -0.2) is 4.39 Å². The number of piperidine rings is 1. The molecule has 3 N–H and O–H groups in total. The van der Waals surface area contributed by atoms with Gasteiger partial charge in [0.15, 0.2) is 0 Å². The summed E-state index contributed by atoms with van der Waals surface area (Å²) >= 11 is 0. The fourth-order valence-corrected chi connectivity index (χ4v) is 3.05. The molecular weight excluding hydrogens is 255 g/mol. The van der Waals surface area contributed by atoms with Gasteiger partial charge in [0.2, 0.25) is 0 Å². The molecular formula is C16H25FN2O. The van der Waals surface area contributed by atoms with Gasteiger partial charge >= 0.3 is 0 Å². The third-order valence-corrected chi connectivity index (χ3v) is 4.40. The van der Waals surface area contributed by atoms with Gasteiger partial charge in [-0.2, -0.15) is 0 Å². The maximum absolute atomic E-state index is 14.1. The molecule has 1 aromatic rings. The number of hydrogen-bond acceptors (Lipinski definition) is 3.